The molecule has 1 unspecified atom stereocenters. The smallest absolute Gasteiger partial charge is 0.325 e. The van der Waals surface area contributed by atoms with E-state index in [-0.39, 0.29) is 12.0 Å². The van der Waals surface area contributed by atoms with Gasteiger partial charge in [-0.1, -0.05) is 38.1 Å². The van der Waals surface area contributed by atoms with Gasteiger partial charge in [-0.3, -0.25) is 10.1 Å². The Morgan fingerprint density at radius 1 is 1.20 bits per heavy atom. The molecule has 1 atom stereocenters. The number of methoxy groups -OCH3 is 1. The first-order valence-electron chi connectivity index (χ1n) is 7.21. The summed E-state index contributed by atoms with van der Waals surface area (Å²) in [6.07, 6.45) is 1.09. The van der Waals surface area contributed by atoms with Gasteiger partial charge in [-0.15, -0.1) is 0 Å². The van der Waals surface area contributed by atoms with Crippen molar-refractivity contribution in [2.75, 3.05) is 7.11 Å². The summed E-state index contributed by atoms with van der Waals surface area (Å²) in [5.41, 5.74) is 1.84. The van der Waals surface area contributed by atoms with Gasteiger partial charge in [0, 0.05) is 6.04 Å². The minimum Gasteiger partial charge on any atom is -0.468 e. The topological polar surface area (TPSA) is 38.3 Å². The van der Waals surface area contributed by atoms with Gasteiger partial charge in [0.1, 0.15) is 5.54 Å². The van der Waals surface area contributed by atoms with E-state index in [0.29, 0.717) is 5.92 Å². The van der Waals surface area contributed by atoms with E-state index in [4.69, 9.17) is 4.74 Å². The monoisotopic (exact) mass is 277 g/mol. The molecule has 0 fully saturated rings. The molecule has 1 aromatic carbocycles. The molecule has 1 rings (SSSR count). The van der Waals surface area contributed by atoms with E-state index in [9.17, 15) is 4.79 Å². The van der Waals surface area contributed by atoms with E-state index in [1.54, 1.807) is 0 Å². The van der Waals surface area contributed by atoms with Gasteiger partial charge in [-0.2, -0.15) is 0 Å². The van der Waals surface area contributed by atoms with E-state index >= 15 is 0 Å². The molecule has 0 radical (unpaired) electrons. The first-order valence-corrected chi connectivity index (χ1v) is 7.21. The van der Waals surface area contributed by atoms with Crippen molar-refractivity contribution in [2.45, 2.75) is 52.6 Å². The summed E-state index contributed by atoms with van der Waals surface area (Å²) >= 11 is 0. The van der Waals surface area contributed by atoms with Crippen LogP contribution < -0.4 is 5.32 Å². The molecule has 0 aliphatic carbocycles. The normalized spacial score (nSPS) is 13.3. The van der Waals surface area contributed by atoms with Crippen LogP contribution in [0.4, 0.5) is 0 Å². The maximum atomic E-state index is 11.7. The van der Waals surface area contributed by atoms with Crippen LogP contribution in [0.25, 0.3) is 0 Å². The highest BCUT2D eigenvalue weighted by atomic mass is 16.5. The summed E-state index contributed by atoms with van der Waals surface area (Å²) in [6.45, 7) is 10.2. The van der Waals surface area contributed by atoms with Crippen molar-refractivity contribution in [1.82, 2.24) is 5.32 Å². The van der Waals surface area contributed by atoms with Crippen LogP contribution in [0.2, 0.25) is 0 Å². The van der Waals surface area contributed by atoms with Crippen LogP contribution in [0.5, 0.6) is 0 Å². The second-order valence-electron chi connectivity index (χ2n) is 6.32. The van der Waals surface area contributed by atoms with Gasteiger partial charge >= 0.3 is 5.97 Å². The standard InChI is InChI=1S/C17H27NO2/c1-12(2)11-14-7-9-15(10-8-14)13(3)18-17(4,5)16(19)20-6/h7-10,12-13,18H,11H2,1-6H3. The van der Waals surface area contributed by atoms with Crippen LogP contribution in [0.1, 0.15) is 51.8 Å². The largest absolute Gasteiger partial charge is 0.468 e. The second kappa shape index (κ2) is 6.89. The predicted octanol–water partition coefficient (Wildman–Crippen LogP) is 3.49. The Labute approximate surface area is 122 Å². The molecular weight excluding hydrogens is 250 g/mol. The molecular formula is C17H27NO2. The van der Waals surface area contributed by atoms with Crippen molar-refractivity contribution < 1.29 is 9.53 Å². The maximum Gasteiger partial charge on any atom is 0.325 e. The lowest BCUT2D eigenvalue weighted by Gasteiger charge is -2.27. The number of hydrogen-bond acceptors (Lipinski definition) is 3. The van der Waals surface area contributed by atoms with Gasteiger partial charge in [-0.25, -0.2) is 0 Å². The average molecular weight is 277 g/mol. The third kappa shape index (κ3) is 4.64. The van der Waals surface area contributed by atoms with Crippen LogP contribution in [-0.4, -0.2) is 18.6 Å². The molecule has 0 saturated carbocycles. The average Bonchev–Trinajstić information content (AvgIpc) is 2.37. The van der Waals surface area contributed by atoms with Gasteiger partial charge in [0.2, 0.25) is 0 Å². The molecule has 20 heavy (non-hydrogen) atoms. The van der Waals surface area contributed by atoms with Crippen molar-refractivity contribution in [2.24, 2.45) is 5.92 Å². The van der Waals surface area contributed by atoms with E-state index in [0.717, 1.165) is 6.42 Å². The van der Waals surface area contributed by atoms with Crippen molar-refractivity contribution in [1.29, 1.82) is 0 Å². The van der Waals surface area contributed by atoms with E-state index in [1.165, 1.54) is 18.2 Å². The Bertz CT molecular complexity index is 435. The zero-order valence-corrected chi connectivity index (χ0v) is 13.5. The fourth-order valence-electron chi connectivity index (χ4n) is 2.35. The molecule has 112 valence electrons. The molecule has 0 aliphatic heterocycles. The van der Waals surface area contributed by atoms with Gasteiger partial charge < -0.3 is 4.74 Å². The van der Waals surface area contributed by atoms with Crippen molar-refractivity contribution in [3.63, 3.8) is 0 Å². The first kappa shape index (κ1) is 16.7. The number of hydrogen-bond donors (Lipinski definition) is 1. The highest BCUT2D eigenvalue weighted by molar-refractivity contribution is 5.79. The molecule has 0 aliphatic rings. The fraction of sp³-hybridized carbons (Fsp3) is 0.588. The Kier molecular flexibility index (Phi) is 5.75. The molecule has 1 aromatic rings. The second-order valence-corrected chi connectivity index (χ2v) is 6.32. The quantitative estimate of drug-likeness (QED) is 0.809. The molecule has 0 bridgehead atoms. The lowest BCUT2D eigenvalue weighted by molar-refractivity contribution is -0.147. The van der Waals surface area contributed by atoms with Crippen molar-refractivity contribution in [3.05, 3.63) is 35.4 Å². The third-order valence-corrected chi connectivity index (χ3v) is 3.40. The summed E-state index contributed by atoms with van der Waals surface area (Å²) < 4.78 is 4.81. The summed E-state index contributed by atoms with van der Waals surface area (Å²) in [7, 11) is 1.41. The lowest BCUT2D eigenvalue weighted by atomic mass is 9.98. The maximum absolute atomic E-state index is 11.7. The number of carbonyl (C=O) groups excluding carboxylic acids is 1. The summed E-state index contributed by atoms with van der Waals surface area (Å²) in [5, 5.41) is 3.31. The number of ether oxygens (including phenoxy) is 1. The molecule has 0 heterocycles. The summed E-state index contributed by atoms with van der Waals surface area (Å²) in [4.78, 5) is 11.7. The molecule has 0 aromatic heterocycles. The van der Waals surface area contributed by atoms with Crippen LogP contribution in [0.3, 0.4) is 0 Å². The third-order valence-electron chi connectivity index (χ3n) is 3.40. The van der Waals surface area contributed by atoms with E-state index in [1.807, 2.05) is 13.8 Å². The van der Waals surface area contributed by atoms with E-state index in [2.05, 4.69) is 50.4 Å². The number of rotatable bonds is 6. The van der Waals surface area contributed by atoms with Crippen LogP contribution in [-0.2, 0) is 16.0 Å². The van der Waals surface area contributed by atoms with Crippen LogP contribution >= 0.6 is 0 Å². The molecule has 0 spiro atoms. The zero-order chi connectivity index (χ0) is 15.3. The van der Waals surface area contributed by atoms with E-state index < -0.39 is 5.54 Å². The van der Waals surface area contributed by atoms with Gasteiger partial charge in [-0.05, 0) is 44.2 Å². The summed E-state index contributed by atoms with van der Waals surface area (Å²) in [5.74, 6) is 0.412. The summed E-state index contributed by atoms with van der Waals surface area (Å²) in [6, 6.07) is 8.68. The Morgan fingerprint density at radius 2 is 1.75 bits per heavy atom. The van der Waals surface area contributed by atoms with Gasteiger partial charge in [0.15, 0.2) is 0 Å². The Morgan fingerprint density at radius 3 is 2.20 bits per heavy atom. The minimum atomic E-state index is -0.690. The zero-order valence-electron chi connectivity index (χ0n) is 13.5. The number of carbonyl (C=O) groups is 1. The molecule has 0 amide bonds. The van der Waals surface area contributed by atoms with Crippen LogP contribution in [0.15, 0.2) is 24.3 Å². The molecule has 0 saturated heterocycles. The van der Waals surface area contributed by atoms with Crippen molar-refractivity contribution in [3.8, 4) is 0 Å². The number of esters is 1. The lowest BCUT2D eigenvalue weighted by Crippen LogP contribution is -2.48. The highest BCUT2D eigenvalue weighted by Crippen LogP contribution is 2.19. The molecule has 3 nitrogen and oxygen atoms in total. The van der Waals surface area contributed by atoms with Gasteiger partial charge in [0.05, 0.1) is 7.11 Å². The SMILES string of the molecule is COC(=O)C(C)(C)NC(C)c1ccc(CC(C)C)cc1. The minimum absolute atomic E-state index is 0.0946. The van der Waals surface area contributed by atoms with Gasteiger partial charge in [0.25, 0.3) is 0 Å². The highest BCUT2D eigenvalue weighted by Gasteiger charge is 2.30. The molecule has 3 heteroatoms. The predicted molar refractivity (Wildman–Crippen MR) is 82.6 cm³/mol. The Balaban J connectivity index is 2.73. The fourth-order valence-corrected chi connectivity index (χ4v) is 2.35. The van der Waals surface area contributed by atoms with Crippen LogP contribution in [0, 0.1) is 5.92 Å². The molecule has 1 N–H and O–H groups in total. The number of benzene rings is 1. The first-order chi connectivity index (χ1) is 9.26. The Hall–Kier alpha value is -1.35. The van der Waals surface area contributed by atoms with Crippen molar-refractivity contribution >= 4 is 5.97 Å². The number of nitrogens with one attached hydrogen (secondary N) is 1.